The van der Waals surface area contributed by atoms with Crippen LogP contribution in [0.3, 0.4) is 0 Å². The predicted octanol–water partition coefficient (Wildman–Crippen LogP) is 1.61. The summed E-state index contributed by atoms with van der Waals surface area (Å²) in [4.78, 5) is 15.1. The third kappa shape index (κ3) is 2.33. The molecule has 0 amide bonds. The molecule has 14 heavy (non-hydrogen) atoms. The Bertz CT molecular complexity index is 385. The number of carbonyl (C=O) groups is 1. The van der Waals surface area contributed by atoms with E-state index in [9.17, 15) is 4.79 Å². The molecule has 70 valence electrons. The number of carbonyl (C=O) groups excluding carboxylic acids is 1. The van der Waals surface area contributed by atoms with Crippen molar-refractivity contribution in [3.63, 3.8) is 0 Å². The third-order valence-electron chi connectivity index (χ3n) is 1.86. The van der Waals surface area contributed by atoms with Crippen molar-refractivity contribution in [2.24, 2.45) is 5.92 Å². The largest absolute Gasteiger partial charge is 0.370 e. The zero-order chi connectivity index (χ0) is 9.80. The summed E-state index contributed by atoms with van der Waals surface area (Å²) in [6, 6.07) is 5.08. The molecule has 0 spiro atoms. The monoisotopic (exact) mass is 187 g/mol. The van der Waals surface area contributed by atoms with E-state index in [1.165, 1.54) is 0 Å². The molecule has 3 nitrogen and oxygen atoms in total. The highest BCUT2D eigenvalue weighted by atomic mass is 16.5. The van der Waals surface area contributed by atoms with Gasteiger partial charge in [0.1, 0.15) is 11.8 Å². The maximum Gasteiger partial charge on any atom is 0.370 e. The van der Waals surface area contributed by atoms with E-state index >= 15 is 0 Å². The normalized spacial score (nSPS) is 14.0. The van der Waals surface area contributed by atoms with Gasteiger partial charge in [-0.2, -0.15) is 0 Å². The maximum atomic E-state index is 11.3. The molecule has 2 rings (SSSR count). The first-order valence-electron chi connectivity index (χ1n) is 4.49. The van der Waals surface area contributed by atoms with Gasteiger partial charge in [0.05, 0.1) is 0 Å². The maximum absolute atomic E-state index is 11.3. The van der Waals surface area contributed by atoms with E-state index in [-0.39, 0.29) is 5.69 Å². The highest BCUT2D eigenvalue weighted by Gasteiger charge is 2.18. The Morgan fingerprint density at radius 2 is 2.36 bits per heavy atom. The molecule has 0 atom stereocenters. The van der Waals surface area contributed by atoms with Gasteiger partial charge >= 0.3 is 5.97 Å². The molecule has 0 unspecified atom stereocenters. The van der Waals surface area contributed by atoms with Crippen LogP contribution in [0.4, 0.5) is 0 Å². The van der Waals surface area contributed by atoms with Crippen LogP contribution in [0.25, 0.3) is 0 Å². The molecule has 1 fully saturated rings. The molecule has 1 saturated carbocycles. The molecule has 0 aromatic carbocycles. The van der Waals surface area contributed by atoms with Crippen molar-refractivity contribution in [3.05, 3.63) is 30.1 Å². The lowest BCUT2D eigenvalue weighted by Gasteiger charge is -1.93. The summed E-state index contributed by atoms with van der Waals surface area (Å²) in [5, 5.41) is 0. The molecule has 1 aromatic heterocycles. The van der Waals surface area contributed by atoms with Crippen LogP contribution < -0.4 is 0 Å². The summed E-state index contributed by atoms with van der Waals surface area (Å²) in [6.45, 7) is 0. The molecule has 1 aliphatic carbocycles. The first-order chi connectivity index (χ1) is 6.86. The van der Waals surface area contributed by atoms with Crippen molar-refractivity contribution < 1.29 is 9.53 Å². The SMILES string of the molecule is O=C(OC#CC1CC1)c1ccccn1. The summed E-state index contributed by atoms with van der Waals surface area (Å²) in [6.07, 6.45) is 6.19. The van der Waals surface area contributed by atoms with Gasteiger partial charge in [0.15, 0.2) is 0 Å². The van der Waals surface area contributed by atoms with Crippen molar-refractivity contribution in [2.45, 2.75) is 12.8 Å². The number of hydrogen-bond donors (Lipinski definition) is 0. The number of esters is 1. The Balaban J connectivity index is 1.93. The van der Waals surface area contributed by atoms with Gasteiger partial charge in [0.25, 0.3) is 0 Å². The van der Waals surface area contributed by atoms with Crippen molar-refractivity contribution in [2.75, 3.05) is 0 Å². The second-order valence-electron chi connectivity index (χ2n) is 3.13. The van der Waals surface area contributed by atoms with Crippen molar-refractivity contribution in [3.8, 4) is 12.0 Å². The first kappa shape index (κ1) is 8.76. The summed E-state index contributed by atoms with van der Waals surface area (Å²) in [5.41, 5.74) is 0.289. The summed E-state index contributed by atoms with van der Waals surface area (Å²) < 4.78 is 4.72. The van der Waals surface area contributed by atoms with E-state index in [1.807, 2.05) is 0 Å². The van der Waals surface area contributed by atoms with Gasteiger partial charge in [-0.3, -0.25) is 0 Å². The van der Waals surface area contributed by atoms with Gasteiger partial charge in [-0.1, -0.05) is 12.0 Å². The number of pyridine rings is 1. The van der Waals surface area contributed by atoms with Crippen molar-refractivity contribution in [1.82, 2.24) is 4.98 Å². The molecule has 0 aliphatic heterocycles. The van der Waals surface area contributed by atoms with Gasteiger partial charge in [0.2, 0.25) is 0 Å². The van der Waals surface area contributed by atoms with E-state index in [0.29, 0.717) is 5.92 Å². The summed E-state index contributed by atoms with van der Waals surface area (Å²) in [7, 11) is 0. The number of hydrogen-bond acceptors (Lipinski definition) is 3. The molecule has 3 heteroatoms. The van der Waals surface area contributed by atoms with Crippen LogP contribution >= 0.6 is 0 Å². The molecular weight excluding hydrogens is 178 g/mol. The van der Waals surface area contributed by atoms with Gasteiger partial charge in [-0.25, -0.2) is 9.78 Å². The molecule has 1 heterocycles. The quantitative estimate of drug-likeness (QED) is 0.495. The lowest BCUT2D eigenvalue weighted by atomic mass is 10.4. The van der Waals surface area contributed by atoms with Crippen LogP contribution in [0, 0.1) is 17.9 Å². The second-order valence-corrected chi connectivity index (χ2v) is 3.13. The van der Waals surface area contributed by atoms with E-state index in [4.69, 9.17) is 4.74 Å². The van der Waals surface area contributed by atoms with Gasteiger partial charge in [-0.15, -0.1) is 0 Å². The Hall–Kier alpha value is -1.82. The predicted molar refractivity (Wildman–Crippen MR) is 50.2 cm³/mol. The van der Waals surface area contributed by atoms with Crippen LogP contribution in [-0.4, -0.2) is 11.0 Å². The Morgan fingerprint density at radius 1 is 1.50 bits per heavy atom. The number of rotatable bonds is 1. The van der Waals surface area contributed by atoms with Crippen LogP contribution in [0.1, 0.15) is 23.3 Å². The minimum atomic E-state index is -0.487. The Morgan fingerprint density at radius 3 is 3.00 bits per heavy atom. The number of ether oxygens (including phenoxy) is 1. The molecular formula is C11H9NO2. The summed E-state index contributed by atoms with van der Waals surface area (Å²) in [5.74, 6) is 2.79. The van der Waals surface area contributed by atoms with Gasteiger partial charge < -0.3 is 4.74 Å². The van der Waals surface area contributed by atoms with Gasteiger partial charge in [-0.05, 0) is 25.0 Å². The Kier molecular flexibility index (Phi) is 2.46. The van der Waals surface area contributed by atoms with Crippen molar-refractivity contribution >= 4 is 5.97 Å². The smallest absolute Gasteiger partial charge is 0.367 e. The third-order valence-corrected chi connectivity index (χ3v) is 1.86. The molecule has 0 bridgehead atoms. The lowest BCUT2D eigenvalue weighted by Crippen LogP contribution is -2.02. The summed E-state index contributed by atoms with van der Waals surface area (Å²) >= 11 is 0. The number of nitrogens with zero attached hydrogens (tertiary/aromatic N) is 1. The zero-order valence-corrected chi connectivity index (χ0v) is 7.56. The van der Waals surface area contributed by atoms with E-state index in [1.54, 1.807) is 24.4 Å². The average Bonchev–Trinajstić information content (AvgIpc) is 3.03. The molecule has 1 aliphatic rings. The van der Waals surface area contributed by atoms with Crippen LogP contribution in [0.15, 0.2) is 24.4 Å². The van der Waals surface area contributed by atoms with Crippen molar-refractivity contribution in [1.29, 1.82) is 0 Å². The zero-order valence-electron chi connectivity index (χ0n) is 7.56. The minimum absolute atomic E-state index is 0.289. The van der Waals surface area contributed by atoms with E-state index in [2.05, 4.69) is 17.0 Å². The fraction of sp³-hybridized carbons (Fsp3) is 0.273. The fourth-order valence-corrected chi connectivity index (χ4v) is 0.923. The standard InChI is InChI=1S/C11H9NO2/c13-11(10-3-1-2-7-12-10)14-8-6-9-4-5-9/h1-3,7,9H,4-5H2. The fourth-order valence-electron chi connectivity index (χ4n) is 0.923. The number of aromatic nitrogens is 1. The molecule has 0 N–H and O–H groups in total. The van der Waals surface area contributed by atoms with Crippen LogP contribution in [0.5, 0.6) is 0 Å². The lowest BCUT2D eigenvalue weighted by molar-refractivity contribution is 0.0684. The highest BCUT2D eigenvalue weighted by molar-refractivity contribution is 5.87. The van der Waals surface area contributed by atoms with E-state index in [0.717, 1.165) is 12.8 Å². The average molecular weight is 187 g/mol. The topological polar surface area (TPSA) is 39.2 Å². The van der Waals surface area contributed by atoms with Crippen LogP contribution in [0.2, 0.25) is 0 Å². The van der Waals surface area contributed by atoms with Crippen LogP contribution in [-0.2, 0) is 4.74 Å². The Labute approximate surface area is 82.1 Å². The highest BCUT2D eigenvalue weighted by Crippen LogP contribution is 2.27. The molecule has 0 saturated heterocycles. The first-order valence-corrected chi connectivity index (χ1v) is 4.49. The molecule has 0 radical (unpaired) electrons. The second kappa shape index (κ2) is 3.93. The molecule has 1 aromatic rings. The van der Waals surface area contributed by atoms with E-state index < -0.39 is 5.97 Å². The minimum Gasteiger partial charge on any atom is -0.367 e. The van der Waals surface area contributed by atoms with Gasteiger partial charge in [0, 0.05) is 12.1 Å².